The van der Waals surface area contributed by atoms with Crippen LogP contribution in [-0.2, 0) is 28.9 Å². The zero-order chi connectivity index (χ0) is 21.0. The largest absolute Gasteiger partial charge is 0.381 e. The number of hydrogen-bond donors (Lipinski definition) is 1. The topological polar surface area (TPSA) is 81.9 Å². The molecule has 1 amide bonds. The molecule has 0 aliphatic carbocycles. The van der Waals surface area contributed by atoms with Gasteiger partial charge in [-0.3, -0.25) is 4.79 Å². The van der Waals surface area contributed by atoms with Crippen LogP contribution in [0.25, 0.3) is 10.6 Å². The lowest BCUT2D eigenvalue weighted by atomic mass is 9.99. The van der Waals surface area contributed by atoms with Crippen molar-refractivity contribution in [1.29, 1.82) is 0 Å². The predicted molar refractivity (Wildman–Crippen MR) is 119 cm³/mol. The minimum absolute atomic E-state index is 0.0391. The fraction of sp³-hybridized carbons (Fsp3) is 0.478. The van der Waals surface area contributed by atoms with Crippen LogP contribution in [0.4, 0.5) is 0 Å². The Kier molecular flexibility index (Phi) is 6.08. The van der Waals surface area contributed by atoms with Gasteiger partial charge in [0, 0.05) is 49.1 Å². The summed E-state index contributed by atoms with van der Waals surface area (Å²) in [4.78, 5) is 17.3. The molecule has 0 bridgehead atoms. The van der Waals surface area contributed by atoms with Gasteiger partial charge in [-0.05, 0) is 25.7 Å². The number of benzene rings is 1. The highest BCUT2D eigenvalue weighted by molar-refractivity contribution is 7.13. The third-order valence-corrected chi connectivity index (χ3v) is 7.08. The van der Waals surface area contributed by atoms with Gasteiger partial charge in [0.05, 0.1) is 12.1 Å². The van der Waals surface area contributed by atoms with E-state index in [2.05, 4.69) is 25.1 Å². The van der Waals surface area contributed by atoms with Crippen molar-refractivity contribution in [1.82, 2.24) is 25.1 Å². The minimum Gasteiger partial charge on any atom is -0.381 e. The van der Waals surface area contributed by atoms with Crippen molar-refractivity contribution in [2.75, 3.05) is 13.2 Å². The average molecular weight is 438 g/mol. The van der Waals surface area contributed by atoms with Crippen LogP contribution in [0.5, 0.6) is 0 Å². The van der Waals surface area contributed by atoms with Crippen LogP contribution in [0.15, 0.2) is 35.7 Å². The molecule has 5 rings (SSSR count). The third-order valence-electron chi connectivity index (χ3n) is 6.14. The second kappa shape index (κ2) is 9.28. The molecule has 1 fully saturated rings. The lowest BCUT2D eigenvalue weighted by Crippen LogP contribution is -2.36. The summed E-state index contributed by atoms with van der Waals surface area (Å²) < 4.78 is 7.78. The summed E-state index contributed by atoms with van der Waals surface area (Å²) in [6, 6.07) is 10.2. The Labute approximate surface area is 185 Å². The molecule has 1 atom stereocenters. The lowest BCUT2D eigenvalue weighted by Gasteiger charge is -2.22. The molecular weight excluding hydrogens is 410 g/mol. The Hall–Kier alpha value is -2.58. The molecular formula is C23H27N5O2S. The van der Waals surface area contributed by atoms with Gasteiger partial charge in [0.15, 0.2) is 0 Å². The van der Waals surface area contributed by atoms with Crippen molar-refractivity contribution < 1.29 is 9.53 Å². The number of ether oxygens (including phenoxy) is 1. The Morgan fingerprint density at radius 1 is 1.13 bits per heavy atom. The van der Waals surface area contributed by atoms with Crippen molar-refractivity contribution in [3.8, 4) is 10.6 Å². The molecule has 1 saturated heterocycles. The Morgan fingerprint density at radius 3 is 2.81 bits per heavy atom. The van der Waals surface area contributed by atoms with E-state index in [0.717, 1.165) is 79.8 Å². The van der Waals surface area contributed by atoms with Crippen LogP contribution in [0.1, 0.15) is 48.9 Å². The summed E-state index contributed by atoms with van der Waals surface area (Å²) in [6.07, 6.45) is 4.98. The fourth-order valence-electron chi connectivity index (χ4n) is 4.46. The maximum absolute atomic E-state index is 12.7. The first-order chi connectivity index (χ1) is 15.3. The van der Waals surface area contributed by atoms with Crippen LogP contribution >= 0.6 is 11.3 Å². The molecule has 2 aromatic heterocycles. The first kappa shape index (κ1) is 20.3. The first-order valence-electron chi connectivity index (χ1n) is 11.0. The molecule has 2 aliphatic heterocycles. The van der Waals surface area contributed by atoms with Crippen molar-refractivity contribution in [2.24, 2.45) is 0 Å². The molecule has 2 aliphatic rings. The second-order valence-electron chi connectivity index (χ2n) is 8.29. The lowest BCUT2D eigenvalue weighted by molar-refractivity contribution is -0.121. The molecule has 0 spiro atoms. The van der Waals surface area contributed by atoms with E-state index in [0.29, 0.717) is 12.3 Å². The molecule has 8 heteroatoms. The average Bonchev–Trinajstić information content (AvgIpc) is 3.39. The van der Waals surface area contributed by atoms with Crippen LogP contribution in [0, 0.1) is 0 Å². The summed E-state index contributed by atoms with van der Waals surface area (Å²) in [5.41, 5.74) is 1.92. The number of thiazole rings is 1. The van der Waals surface area contributed by atoms with Crippen molar-refractivity contribution in [2.45, 2.75) is 57.0 Å². The number of carbonyl (C=O) groups excluding carboxylic acids is 1. The quantitative estimate of drug-likeness (QED) is 0.662. The predicted octanol–water partition coefficient (Wildman–Crippen LogP) is 3.36. The smallest absolute Gasteiger partial charge is 0.226 e. The first-order valence-corrected chi connectivity index (χ1v) is 11.9. The number of nitrogens with zero attached hydrogens (tertiary/aromatic N) is 4. The van der Waals surface area contributed by atoms with Gasteiger partial charge in [0.25, 0.3) is 0 Å². The summed E-state index contributed by atoms with van der Waals surface area (Å²) in [5.74, 6) is 2.62. The zero-order valence-corrected chi connectivity index (χ0v) is 18.3. The summed E-state index contributed by atoms with van der Waals surface area (Å²) in [7, 11) is 0. The van der Waals surface area contributed by atoms with E-state index in [-0.39, 0.29) is 11.9 Å². The van der Waals surface area contributed by atoms with E-state index in [9.17, 15) is 4.79 Å². The van der Waals surface area contributed by atoms with Crippen molar-refractivity contribution in [3.05, 3.63) is 53.1 Å². The SMILES string of the molecule is O=C(Cc1csc(-c2ccccc2)n1)NC1CCc2nnc(C3CCOCC3)n2CC1. The number of amides is 1. The summed E-state index contributed by atoms with van der Waals surface area (Å²) >= 11 is 1.58. The Bertz CT molecular complexity index is 1030. The molecule has 1 aromatic carbocycles. The number of fused-ring (bicyclic) bond motifs is 1. The van der Waals surface area contributed by atoms with Gasteiger partial charge in [-0.1, -0.05) is 30.3 Å². The highest BCUT2D eigenvalue weighted by Crippen LogP contribution is 2.28. The van der Waals surface area contributed by atoms with Crippen LogP contribution in [0.3, 0.4) is 0 Å². The number of aromatic nitrogens is 4. The van der Waals surface area contributed by atoms with E-state index in [1.807, 2.05) is 35.7 Å². The number of nitrogens with one attached hydrogen (secondary N) is 1. The second-order valence-corrected chi connectivity index (χ2v) is 9.15. The van der Waals surface area contributed by atoms with Crippen molar-refractivity contribution >= 4 is 17.2 Å². The molecule has 1 unspecified atom stereocenters. The number of rotatable bonds is 5. The maximum atomic E-state index is 12.7. The molecule has 3 aromatic rings. The third kappa shape index (κ3) is 4.70. The number of hydrogen-bond acceptors (Lipinski definition) is 6. The summed E-state index contributed by atoms with van der Waals surface area (Å²) in [6.45, 7) is 2.46. The summed E-state index contributed by atoms with van der Waals surface area (Å²) in [5, 5.41) is 15.1. The number of aryl methyl sites for hydroxylation is 1. The van der Waals surface area contributed by atoms with Gasteiger partial charge >= 0.3 is 0 Å². The maximum Gasteiger partial charge on any atom is 0.226 e. The molecule has 31 heavy (non-hydrogen) atoms. The van der Waals surface area contributed by atoms with E-state index < -0.39 is 0 Å². The van der Waals surface area contributed by atoms with Gasteiger partial charge in [0.2, 0.25) is 5.91 Å². The van der Waals surface area contributed by atoms with E-state index in [1.165, 1.54) is 0 Å². The van der Waals surface area contributed by atoms with E-state index >= 15 is 0 Å². The monoisotopic (exact) mass is 437 g/mol. The Balaban J connectivity index is 1.17. The van der Waals surface area contributed by atoms with Crippen LogP contribution in [0.2, 0.25) is 0 Å². The van der Waals surface area contributed by atoms with E-state index in [4.69, 9.17) is 4.74 Å². The molecule has 162 valence electrons. The van der Waals surface area contributed by atoms with Crippen LogP contribution < -0.4 is 5.32 Å². The number of carbonyl (C=O) groups is 1. The van der Waals surface area contributed by atoms with Crippen molar-refractivity contribution in [3.63, 3.8) is 0 Å². The highest BCUT2D eigenvalue weighted by atomic mass is 32.1. The Morgan fingerprint density at radius 2 is 1.97 bits per heavy atom. The zero-order valence-electron chi connectivity index (χ0n) is 17.5. The molecule has 7 nitrogen and oxygen atoms in total. The molecule has 1 N–H and O–H groups in total. The van der Waals surface area contributed by atoms with Gasteiger partial charge in [-0.2, -0.15) is 0 Å². The molecule has 4 heterocycles. The normalized spacial score (nSPS) is 19.5. The van der Waals surface area contributed by atoms with Gasteiger partial charge in [0.1, 0.15) is 16.7 Å². The van der Waals surface area contributed by atoms with E-state index in [1.54, 1.807) is 11.3 Å². The minimum atomic E-state index is 0.0391. The standard InChI is InChI=1S/C23H27N5O2S/c29-21(14-19-15-31-23(25-19)17-4-2-1-3-5-17)24-18-6-7-20-26-27-22(28(20)11-8-18)16-9-12-30-13-10-16/h1-5,15-16,18H,6-14H2,(H,24,29). The fourth-order valence-corrected chi connectivity index (χ4v) is 5.28. The van der Waals surface area contributed by atoms with Gasteiger partial charge in [-0.15, -0.1) is 21.5 Å². The van der Waals surface area contributed by atoms with Crippen LogP contribution in [-0.4, -0.2) is 44.9 Å². The highest BCUT2D eigenvalue weighted by Gasteiger charge is 2.26. The van der Waals surface area contributed by atoms with Gasteiger partial charge < -0.3 is 14.6 Å². The molecule has 0 saturated carbocycles. The molecule has 0 radical (unpaired) electrons. The van der Waals surface area contributed by atoms with Gasteiger partial charge in [-0.25, -0.2) is 4.98 Å².